The van der Waals surface area contributed by atoms with Gasteiger partial charge in [0.05, 0.1) is 10.9 Å². The second-order valence-electron chi connectivity index (χ2n) is 3.12. The van der Waals surface area contributed by atoms with Crippen LogP contribution in [0.25, 0.3) is 0 Å². The Kier molecular flexibility index (Phi) is 4.74. The molecule has 0 aromatic carbocycles. The minimum atomic E-state index is -0.299. The molecule has 0 spiro atoms. The predicted molar refractivity (Wildman–Crippen MR) is 66.1 cm³/mol. The van der Waals surface area contributed by atoms with Crippen molar-refractivity contribution < 1.29 is 9.53 Å². The van der Waals surface area contributed by atoms with E-state index in [1.807, 2.05) is 13.2 Å². The highest BCUT2D eigenvalue weighted by Gasteiger charge is 2.51. The molecule has 0 aromatic heterocycles. The zero-order chi connectivity index (χ0) is 10.9. The van der Waals surface area contributed by atoms with E-state index >= 15 is 0 Å². The van der Waals surface area contributed by atoms with Crippen LogP contribution in [0.2, 0.25) is 0 Å². The summed E-state index contributed by atoms with van der Waals surface area (Å²) in [6.07, 6.45) is 1.60. The van der Waals surface area contributed by atoms with Gasteiger partial charge in [-0.2, -0.15) is 0 Å². The molecule has 3 nitrogen and oxygen atoms in total. The summed E-state index contributed by atoms with van der Waals surface area (Å²) < 4.78 is 6.91. The monoisotopic (exact) mass is 345 g/mol. The Morgan fingerprint density at radius 3 is 2.50 bits per heavy atom. The number of rotatable bonds is 4. The first-order chi connectivity index (χ1) is 6.54. The van der Waals surface area contributed by atoms with Crippen LogP contribution in [0, 0.1) is 0 Å². The van der Waals surface area contributed by atoms with Crippen molar-refractivity contribution in [3.05, 3.63) is 0 Å². The van der Waals surface area contributed by atoms with Gasteiger partial charge in [-0.15, -0.1) is 0 Å². The maximum absolute atomic E-state index is 11.5. The van der Waals surface area contributed by atoms with Crippen molar-refractivity contribution in [1.82, 2.24) is 4.31 Å². The highest BCUT2D eigenvalue weighted by molar-refractivity contribution is 9.12. The minimum Gasteiger partial charge on any atom is -0.369 e. The number of carbonyl (C=O) groups is 1. The molecule has 4 atom stereocenters. The Labute approximate surface area is 105 Å². The van der Waals surface area contributed by atoms with Crippen molar-refractivity contribution in [2.75, 3.05) is 13.4 Å². The van der Waals surface area contributed by atoms with Gasteiger partial charge in [-0.25, -0.2) is 0 Å². The normalized spacial score (nSPS) is 31.2. The van der Waals surface area contributed by atoms with Crippen LogP contribution in [-0.4, -0.2) is 45.4 Å². The molecular formula is C8H13Br2NO2S. The topological polar surface area (TPSA) is 29.5 Å². The molecule has 1 heterocycles. The molecule has 1 aliphatic rings. The maximum Gasteiger partial charge on any atom is 0.264 e. The number of methoxy groups -OCH3 is 1. The number of carbonyl (C=O) groups excluding carboxylic acids is 1. The van der Waals surface area contributed by atoms with E-state index < -0.39 is 0 Å². The Balaban J connectivity index is 2.70. The van der Waals surface area contributed by atoms with Crippen molar-refractivity contribution >= 4 is 49.7 Å². The highest BCUT2D eigenvalue weighted by atomic mass is 79.9. The van der Waals surface area contributed by atoms with Gasteiger partial charge in [-0.05, 0) is 0 Å². The van der Waals surface area contributed by atoms with E-state index in [0.29, 0.717) is 4.83 Å². The molecule has 1 fully saturated rings. The van der Waals surface area contributed by atoms with Gasteiger partial charge in [0, 0.05) is 18.2 Å². The first kappa shape index (κ1) is 12.8. The fraction of sp³-hybridized carbons (Fsp3) is 0.875. The third-order valence-electron chi connectivity index (χ3n) is 2.26. The number of ether oxygens (including phenoxy) is 1. The summed E-state index contributed by atoms with van der Waals surface area (Å²) in [6.45, 7) is 2.05. The first-order valence-corrected chi connectivity index (χ1v) is 7.24. The maximum atomic E-state index is 11.5. The Morgan fingerprint density at radius 1 is 1.57 bits per heavy atom. The number of nitrogens with zero attached hydrogens (tertiary/aromatic N) is 1. The molecule has 6 heteroatoms. The van der Waals surface area contributed by atoms with Crippen LogP contribution in [0.15, 0.2) is 0 Å². The Morgan fingerprint density at radius 2 is 2.14 bits per heavy atom. The second kappa shape index (κ2) is 5.18. The molecule has 0 aromatic rings. The fourth-order valence-electron chi connectivity index (χ4n) is 1.48. The summed E-state index contributed by atoms with van der Waals surface area (Å²) in [6, 6.07) is 0.108. The van der Waals surface area contributed by atoms with Crippen LogP contribution >= 0.6 is 43.8 Å². The molecular weight excluding hydrogens is 334 g/mol. The summed E-state index contributed by atoms with van der Waals surface area (Å²) in [5.74, 6) is 0.0580. The standard InChI is InChI=1S/C8H13Br2NO2S/c1-4(9)5(10)6-7(13-2)8(12)11(6)14-3/h4-7H,1-3H3/t4?,5?,6-,7+/m0/s1. The Bertz CT molecular complexity index is 213. The zero-order valence-corrected chi connectivity index (χ0v) is 12.2. The molecule has 1 amide bonds. The van der Waals surface area contributed by atoms with Gasteiger partial charge in [0.15, 0.2) is 6.10 Å². The van der Waals surface area contributed by atoms with Crippen molar-refractivity contribution in [1.29, 1.82) is 0 Å². The quantitative estimate of drug-likeness (QED) is 0.443. The number of halogens is 2. The lowest BCUT2D eigenvalue weighted by atomic mass is 9.97. The third-order valence-corrected chi connectivity index (χ3v) is 5.69. The summed E-state index contributed by atoms with van der Waals surface area (Å²) in [5.41, 5.74) is 0. The predicted octanol–water partition coefficient (Wildman–Crippen LogP) is 2.04. The molecule has 2 unspecified atom stereocenters. The van der Waals surface area contributed by atoms with Gasteiger partial charge in [0.1, 0.15) is 0 Å². The SMILES string of the molecule is CO[C@H]1C(=O)N(SC)[C@H]1C(Br)C(C)Br. The lowest BCUT2D eigenvalue weighted by Crippen LogP contribution is -2.66. The lowest BCUT2D eigenvalue weighted by molar-refractivity contribution is -0.157. The van der Waals surface area contributed by atoms with Crippen molar-refractivity contribution in [3.63, 3.8) is 0 Å². The summed E-state index contributed by atoms with van der Waals surface area (Å²) in [5, 5.41) is 0. The molecule has 1 aliphatic heterocycles. The van der Waals surface area contributed by atoms with Gasteiger partial charge >= 0.3 is 0 Å². The van der Waals surface area contributed by atoms with Crippen LogP contribution in [0.1, 0.15) is 6.92 Å². The van der Waals surface area contributed by atoms with Gasteiger partial charge < -0.3 is 4.74 Å². The second-order valence-corrected chi connectivity index (χ2v) is 6.38. The molecule has 0 saturated carbocycles. The van der Waals surface area contributed by atoms with E-state index in [1.165, 1.54) is 11.9 Å². The third kappa shape index (κ3) is 2.13. The minimum absolute atomic E-state index is 0.0580. The molecule has 14 heavy (non-hydrogen) atoms. The van der Waals surface area contributed by atoms with Crippen molar-refractivity contribution in [3.8, 4) is 0 Å². The summed E-state index contributed by atoms with van der Waals surface area (Å²) >= 11 is 8.52. The summed E-state index contributed by atoms with van der Waals surface area (Å²) in [4.78, 5) is 12.0. The van der Waals surface area contributed by atoms with Crippen molar-refractivity contribution in [2.45, 2.75) is 28.7 Å². The molecule has 0 N–H and O–H groups in total. The number of alkyl halides is 2. The van der Waals surface area contributed by atoms with Gasteiger partial charge in [0.25, 0.3) is 5.91 Å². The number of β-lactam (4-membered cyclic amide) rings is 1. The largest absolute Gasteiger partial charge is 0.369 e. The zero-order valence-electron chi connectivity index (χ0n) is 8.24. The molecule has 0 bridgehead atoms. The fourth-order valence-corrected chi connectivity index (χ4v) is 3.23. The molecule has 0 radical (unpaired) electrons. The van der Waals surface area contributed by atoms with E-state index in [-0.39, 0.29) is 22.9 Å². The Hall–Kier alpha value is 0.740. The van der Waals surface area contributed by atoms with Crippen LogP contribution in [0.5, 0.6) is 0 Å². The number of hydrogen-bond acceptors (Lipinski definition) is 3. The van der Waals surface area contributed by atoms with E-state index in [9.17, 15) is 4.79 Å². The van der Waals surface area contributed by atoms with E-state index in [4.69, 9.17) is 4.74 Å². The van der Waals surface area contributed by atoms with Crippen LogP contribution < -0.4 is 0 Å². The average molecular weight is 347 g/mol. The molecule has 82 valence electrons. The van der Waals surface area contributed by atoms with E-state index in [0.717, 1.165) is 0 Å². The van der Waals surface area contributed by atoms with Crippen LogP contribution in [0.4, 0.5) is 0 Å². The highest BCUT2D eigenvalue weighted by Crippen LogP contribution is 2.36. The lowest BCUT2D eigenvalue weighted by Gasteiger charge is -2.47. The molecule has 1 rings (SSSR count). The van der Waals surface area contributed by atoms with E-state index in [2.05, 4.69) is 31.9 Å². The molecule has 1 saturated heterocycles. The smallest absolute Gasteiger partial charge is 0.264 e. The van der Waals surface area contributed by atoms with E-state index in [1.54, 1.807) is 11.4 Å². The van der Waals surface area contributed by atoms with Gasteiger partial charge in [-0.3, -0.25) is 9.10 Å². The summed E-state index contributed by atoms with van der Waals surface area (Å²) in [7, 11) is 1.58. The van der Waals surface area contributed by atoms with Crippen LogP contribution in [-0.2, 0) is 9.53 Å². The van der Waals surface area contributed by atoms with Gasteiger partial charge in [0.2, 0.25) is 0 Å². The van der Waals surface area contributed by atoms with Crippen LogP contribution in [0.3, 0.4) is 0 Å². The molecule has 0 aliphatic carbocycles. The number of amides is 1. The number of hydrogen-bond donors (Lipinski definition) is 0. The van der Waals surface area contributed by atoms with Gasteiger partial charge in [-0.1, -0.05) is 50.7 Å². The first-order valence-electron chi connectivity index (χ1n) is 4.22. The van der Waals surface area contributed by atoms with Crippen molar-refractivity contribution in [2.24, 2.45) is 0 Å². The average Bonchev–Trinajstić information content (AvgIpc) is 2.14.